The van der Waals surface area contributed by atoms with Gasteiger partial charge in [-0.15, -0.1) is 0 Å². The number of benzene rings is 2. The summed E-state index contributed by atoms with van der Waals surface area (Å²) in [6, 6.07) is 11.4. The molecule has 0 aliphatic heterocycles. The molecule has 0 aliphatic carbocycles. The SMILES string of the molecule is Oc1cc(Oc2cccc(-c3c(F)cccc3F)n2)ccc1F. The first-order valence-electron chi connectivity index (χ1n) is 6.62. The number of rotatable bonds is 3. The van der Waals surface area contributed by atoms with Gasteiger partial charge in [-0.1, -0.05) is 12.1 Å². The van der Waals surface area contributed by atoms with Gasteiger partial charge in [0.25, 0.3) is 0 Å². The van der Waals surface area contributed by atoms with E-state index < -0.39 is 23.2 Å². The lowest BCUT2D eigenvalue weighted by atomic mass is 10.1. The summed E-state index contributed by atoms with van der Waals surface area (Å²) in [6.07, 6.45) is 0. The lowest BCUT2D eigenvalue weighted by Crippen LogP contribution is -1.94. The molecule has 0 fully saturated rings. The molecule has 2 aromatic carbocycles. The molecular formula is C17H10F3NO2. The van der Waals surface area contributed by atoms with Crippen LogP contribution in [0.3, 0.4) is 0 Å². The lowest BCUT2D eigenvalue weighted by Gasteiger charge is -2.08. The van der Waals surface area contributed by atoms with Crippen molar-refractivity contribution in [3.63, 3.8) is 0 Å². The summed E-state index contributed by atoms with van der Waals surface area (Å²) in [5.74, 6) is -2.65. The van der Waals surface area contributed by atoms with Gasteiger partial charge in [-0.2, -0.15) is 0 Å². The van der Waals surface area contributed by atoms with Gasteiger partial charge >= 0.3 is 0 Å². The van der Waals surface area contributed by atoms with E-state index in [-0.39, 0.29) is 22.9 Å². The lowest BCUT2D eigenvalue weighted by molar-refractivity contribution is 0.418. The first-order valence-corrected chi connectivity index (χ1v) is 6.62. The van der Waals surface area contributed by atoms with Crippen molar-refractivity contribution in [3.8, 4) is 28.6 Å². The maximum atomic E-state index is 13.8. The molecule has 3 aromatic rings. The zero-order chi connectivity index (χ0) is 16.4. The zero-order valence-electron chi connectivity index (χ0n) is 11.6. The summed E-state index contributed by atoms with van der Waals surface area (Å²) in [5.41, 5.74) is -0.204. The number of phenols is 1. The molecule has 0 unspecified atom stereocenters. The maximum Gasteiger partial charge on any atom is 0.219 e. The Morgan fingerprint density at radius 2 is 1.52 bits per heavy atom. The van der Waals surface area contributed by atoms with Crippen molar-refractivity contribution in [2.24, 2.45) is 0 Å². The van der Waals surface area contributed by atoms with Gasteiger partial charge in [0, 0.05) is 12.1 Å². The van der Waals surface area contributed by atoms with E-state index in [9.17, 15) is 18.3 Å². The minimum absolute atomic E-state index is 0.0520. The molecule has 6 heteroatoms. The Balaban J connectivity index is 1.95. The number of nitrogens with zero attached hydrogens (tertiary/aromatic N) is 1. The van der Waals surface area contributed by atoms with Crippen molar-refractivity contribution in [1.29, 1.82) is 0 Å². The quantitative estimate of drug-likeness (QED) is 0.763. The Morgan fingerprint density at radius 3 is 2.22 bits per heavy atom. The number of aromatic nitrogens is 1. The molecule has 1 heterocycles. The van der Waals surface area contributed by atoms with Crippen LogP contribution >= 0.6 is 0 Å². The normalized spacial score (nSPS) is 10.6. The first-order chi connectivity index (χ1) is 11.0. The Bertz CT molecular complexity index is 848. The number of pyridine rings is 1. The predicted molar refractivity (Wildman–Crippen MR) is 77.7 cm³/mol. The van der Waals surface area contributed by atoms with E-state index in [0.717, 1.165) is 24.3 Å². The van der Waals surface area contributed by atoms with E-state index in [1.165, 1.54) is 30.3 Å². The van der Waals surface area contributed by atoms with Crippen molar-refractivity contribution in [1.82, 2.24) is 4.98 Å². The third kappa shape index (κ3) is 3.11. The summed E-state index contributed by atoms with van der Waals surface area (Å²) in [6.45, 7) is 0. The second kappa shape index (κ2) is 6.00. The van der Waals surface area contributed by atoms with Gasteiger partial charge in [-0.05, 0) is 30.3 Å². The van der Waals surface area contributed by atoms with Gasteiger partial charge in [0.05, 0.1) is 11.3 Å². The summed E-state index contributed by atoms with van der Waals surface area (Å²) in [5, 5.41) is 9.31. The van der Waals surface area contributed by atoms with Crippen LogP contribution in [0.5, 0.6) is 17.4 Å². The Labute approximate surface area is 129 Å². The smallest absolute Gasteiger partial charge is 0.219 e. The van der Waals surface area contributed by atoms with Crippen LogP contribution in [0, 0.1) is 17.5 Å². The van der Waals surface area contributed by atoms with Crippen LogP contribution in [0.2, 0.25) is 0 Å². The summed E-state index contributed by atoms with van der Waals surface area (Å²) >= 11 is 0. The molecule has 1 N–H and O–H groups in total. The van der Waals surface area contributed by atoms with Gasteiger partial charge < -0.3 is 9.84 Å². The average molecular weight is 317 g/mol. The van der Waals surface area contributed by atoms with Crippen molar-refractivity contribution in [3.05, 3.63) is 72.0 Å². The molecule has 0 amide bonds. The highest BCUT2D eigenvalue weighted by atomic mass is 19.1. The topological polar surface area (TPSA) is 42.4 Å². The van der Waals surface area contributed by atoms with Crippen molar-refractivity contribution < 1.29 is 23.0 Å². The van der Waals surface area contributed by atoms with Gasteiger partial charge in [0.2, 0.25) is 5.88 Å². The second-order valence-electron chi connectivity index (χ2n) is 4.67. The molecule has 0 spiro atoms. The third-order valence-corrected chi connectivity index (χ3v) is 3.08. The molecular weight excluding hydrogens is 307 g/mol. The summed E-state index contributed by atoms with van der Waals surface area (Å²) < 4.78 is 46.0. The van der Waals surface area contributed by atoms with Crippen molar-refractivity contribution in [2.45, 2.75) is 0 Å². The molecule has 0 saturated heterocycles. The molecule has 0 bridgehead atoms. The fourth-order valence-corrected chi connectivity index (χ4v) is 2.03. The van der Waals surface area contributed by atoms with Gasteiger partial charge in [-0.25, -0.2) is 18.2 Å². The molecule has 23 heavy (non-hydrogen) atoms. The monoisotopic (exact) mass is 317 g/mol. The fraction of sp³-hybridized carbons (Fsp3) is 0. The molecule has 3 nitrogen and oxygen atoms in total. The van der Waals surface area contributed by atoms with E-state index in [2.05, 4.69) is 4.98 Å². The summed E-state index contributed by atoms with van der Waals surface area (Å²) in [7, 11) is 0. The van der Waals surface area contributed by atoms with E-state index in [0.29, 0.717) is 0 Å². The number of hydrogen-bond acceptors (Lipinski definition) is 3. The zero-order valence-corrected chi connectivity index (χ0v) is 11.6. The molecule has 0 saturated carbocycles. The van der Waals surface area contributed by atoms with Gasteiger partial charge in [0.15, 0.2) is 11.6 Å². The molecule has 0 atom stereocenters. The number of hydrogen-bond donors (Lipinski definition) is 1. The number of aromatic hydroxyl groups is 1. The van der Waals surface area contributed by atoms with Crippen LogP contribution in [0.15, 0.2) is 54.6 Å². The van der Waals surface area contributed by atoms with E-state index >= 15 is 0 Å². The largest absolute Gasteiger partial charge is 0.505 e. The minimum Gasteiger partial charge on any atom is -0.505 e. The molecule has 0 radical (unpaired) electrons. The van der Waals surface area contributed by atoms with Gasteiger partial charge in [-0.3, -0.25) is 0 Å². The van der Waals surface area contributed by atoms with Crippen LogP contribution < -0.4 is 4.74 Å². The Morgan fingerprint density at radius 1 is 0.826 bits per heavy atom. The highest BCUT2D eigenvalue weighted by Gasteiger charge is 2.13. The standard InChI is InChI=1S/C17H10F3NO2/c18-11-8-7-10(9-15(11)22)23-16-6-2-5-14(21-16)17-12(19)3-1-4-13(17)20/h1-9,22H. The Hall–Kier alpha value is -3.02. The molecule has 0 aliphatic rings. The Kier molecular flexibility index (Phi) is 3.89. The molecule has 3 rings (SSSR count). The highest BCUT2D eigenvalue weighted by Crippen LogP contribution is 2.29. The van der Waals surface area contributed by atoms with E-state index in [1.807, 2.05) is 0 Å². The number of halogens is 3. The summed E-state index contributed by atoms with van der Waals surface area (Å²) in [4.78, 5) is 4.03. The first kappa shape index (κ1) is 14.9. The predicted octanol–water partition coefficient (Wildman–Crippen LogP) is 4.66. The average Bonchev–Trinajstić information content (AvgIpc) is 2.51. The molecule has 116 valence electrons. The fourth-order valence-electron chi connectivity index (χ4n) is 2.03. The van der Waals surface area contributed by atoms with Crippen LogP contribution in [0.1, 0.15) is 0 Å². The molecule has 1 aromatic heterocycles. The number of phenolic OH excluding ortho intramolecular Hbond substituents is 1. The van der Waals surface area contributed by atoms with Crippen LogP contribution in [-0.4, -0.2) is 10.1 Å². The minimum atomic E-state index is -0.785. The van der Waals surface area contributed by atoms with Crippen LogP contribution in [-0.2, 0) is 0 Å². The van der Waals surface area contributed by atoms with E-state index in [4.69, 9.17) is 4.74 Å². The number of ether oxygens (including phenoxy) is 1. The van der Waals surface area contributed by atoms with Crippen molar-refractivity contribution >= 4 is 0 Å². The highest BCUT2D eigenvalue weighted by molar-refractivity contribution is 5.61. The van der Waals surface area contributed by atoms with Crippen LogP contribution in [0.4, 0.5) is 13.2 Å². The second-order valence-corrected chi connectivity index (χ2v) is 4.67. The van der Waals surface area contributed by atoms with Crippen molar-refractivity contribution in [2.75, 3.05) is 0 Å². The third-order valence-electron chi connectivity index (χ3n) is 3.08. The van der Waals surface area contributed by atoms with Gasteiger partial charge in [0.1, 0.15) is 17.4 Å². The van der Waals surface area contributed by atoms with E-state index in [1.54, 1.807) is 0 Å². The maximum absolute atomic E-state index is 13.8. The van der Waals surface area contributed by atoms with Crippen LogP contribution in [0.25, 0.3) is 11.3 Å².